The van der Waals surface area contributed by atoms with Crippen molar-refractivity contribution in [2.75, 3.05) is 37.6 Å². The van der Waals surface area contributed by atoms with Crippen molar-refractivity contribution in [2.45, 2.75) is 0 Å². The Morgan fingerprint density at radius 1 is 0.510 bits per heavy atom. The summed E-state index contributed by atoms with van der Waals surface area (Å²) in [6, 6.07) is 29.3. The van der Waals surface area contributed by atoms with E-state index in [0.717, 1.165) is 42.4 Å². The van der Waals surface area contributed by atoms with E-state index in [-0.39, 0.29) is 65.6 Å². The monoisotopic (exact) mass is 1500 g/mol. The molecule has 0 saturated heterocycles. The normalized spacial score (nSPS) is 8.46. The van der Waals surface area contributed by atoms with Gasteiger partial charge in [-0.1, -0.05) is 53.6 Å². The lowest BCUT2D eigenvalue weighted by Crippen LogP contribution is -2.03. The molecule has 0 radical (unpaired) electrons. The van der Waals surface area contributed by atoms with E-state index < -0.39 is 41.8 Å². The largest absolute Gasteiger partial charge is 0.478 e. The number of hydrogen-bond acceptors (Lipinski definition) is 29. The number of aromatic carboxylic acids is 4. The molecule has 6 aromatic rings. The summed E-state index contributed by atoms with van der Waals surface area (Å²) in [5.74, 6) is -6.25. The molecule has 6 rings (SSSR count). The number of thiocarbonyl (C=S) groups is 5. The number of nitrogens with two attached hydrogens (primary N) is 1. The van der Waals surface area contributed by atoms with Crippen LogP contribution in [0.5, 0.6) is 5.75 Å². The summed E-state index contributed by atoms with van der Waals surface area (Å²) in [5, 5.41) is 86.0. The molecule has 0 aromatic heterocycles. The third-order valence-electron chi connectivity index (χ3n) is 8.93. The van der Waals surface area contributed by atoms with Crippen LogP contribution < -0.4 is 20.9 Å². The molecule has 0 aliphatic rings. The number of azide groups is 2. The van der Waals surface area contributed by atoms with Gasteiger partial charge in [0.15, 0.2) is 3.78 Å². The van der Waals surface area contributed by atoms with Crippen molar-refractivity contribution in [3.05, 3.63) is 176 Å². The Morgan fingerprint density at radius 3 is 1.05 bits per heavy atom. The zero-order chi connectivity index (χ0) is 74.4. The molecule has 0 atom stereocenters. The number of anilines is 3. The second kappa shape index (κ2) is 54.2. The number of amides is 2. The van der Waals surface area contributed by atoms with Gasteiger partial charge >= 0.3 is 30.0 Å². The number of halogens is 4. The van der Waals surface area contributed by atoms with Gasteiger partial charge in [-0.3, -0.25) is 9.59 Å². The van der Waals surface area contributed by atoms with Crippen LogP contribution in [0, 0.1) is 21.6 Å². The van der Waals surface area contributed by atoms with Gasteiger partial charge in [0.1, 0.15) is 5.75 Å². The van der Waals surface area contributed by atoms with Crippen molar-refractivity contribution in [1.29, 1.82) is 21.6 Å². The fraction of sp³-hybridized carbons (Fsp3) is 0.0577. The molecular formula is C52H38Cl4N19O15PS5. The molecule has 2 amide bonds. The maximum Gasteiger partial charge on any atom is 0.428 e. The molecule has 0 unspecified atom stereocenters. The summed E-state index contributed by atoms with van der Waals surface area (Å²) in [6.07, 6.45) is -0.705. The first-order valence-electron chi connectivity index (χ1n) is 23.5. The van der Waals surface area contributed by atoms with Crippen LogP contribution in [-0.4, -0.2) is 119 Å². The number of benzene rings is 6. The van der Waals surface area contributed by atoms with E-state index in [1.165, 1.54) is 66.8 Å². The van der Waals surface area contributed by atoms with Crippen molar-refractivity contribution in [1.82, 2.24) is 0 Å². The van der Waals surface area contributed by atoms with Crippen LogP contribution in [0.15, 0.2) is 162 Å². The van der Waals surface area contributed by atoms with Crippen LogP contribution in [0.4, 0.5) is 51.2 Å². The molecule has 0 heterocycles. The Hall–Kier alpha value is -11.4. The van der Waals surface area contributed by atoms with Gasteiger partial charge in [0.25, 0.3) is 0 Å². The second-order valence-electron chi connectivity index (χ2n) is 14.8. The molecule has 0 aliphatic heterocycles. The first-order chi connectivity index (χ1) is 45.6. The van der Waals surface area contributed by atoms with Crippen LogP contribution in [0.2, 0.25) is 0 Å². The number of nitrogens with one attached hydrogen (secondary N) is 2. The third-order valence-corrected chi connectivity index (χ3v) is 10.1. The smallest absolute Gasteiger partial charge is 0.428 e. The van der Waals surface area contributed by atoms with E-state index in [4.69, 9.17) is 110 Å². The highest BCUT2D eigenvalue weighted by Gasteiger charge is 2.16. The van der Waals surface area contributed by atoms with Gasteiger partial charge in [0.05, 0.1) is 77.0 Å². The highest BCUT2D eigenvalue weighted by molar-refractivity contribution is 8.05. The molecule has 44 heteroatoms. The van der Waals surface area contributed by atoms with Crippen LogP contribution in [0.3, 0.4) is 0 Å². The summed E-state index contributed by atoms with van der Waals surface area (Å²) < 4.78 is 15.3. The summed E-state index contributed by atoms with van der Waals surface area (Å²) in [5.41, 5.74) is 25.1. The molecule has 0 bridgehead atoms. The molecule has 9 N–H and O–H groups in total. The lowest BCUT2D eigenvalue weighted by molar-refractivity contribution is 0.0676. The minimum Gasteiger partial charge on any atom is -0.478 e. The molecule has 0 aliphatic carbocycles. The minimum atomic E-state index is -3.44. The first-order valence-corrected chi connectivity index (χ1v) is 29.7. The van der Waals surface area contributed by atoms with Gasteiger partial charge in [-0.15, -0.1) is 0 Å². The van der Waals surface area contributed by atoms with Crippen LogP contribution in [-0.2, 0) is 14.2 Å². The molecule has 0 spiro atoms. The van der Waals surface area contributed by atoms with Gasteiger partial charge in [-0.2, -0.15) is 30.0 Å². The first kappa shape index (κ1) is 91.0. The quantitative estimate of drug-likeness (QED) is 0.00426. The number of aliphatic hydroxyl groups is 1. The van der Waals surface area contributed by atoms with Crippen molar-refractivity contribution >= 4 is 236 Å². The number of carboxylic acids is 4. The van der Waals surface area contributed by atoms with Crippen LogP contribution >= 0.6 is 113 Å². The van der Waals surface area contributed by atoms with E-state index in [1.807, 2.05) is 37.5 Å². The molecule has 0 fully saturated rings. The standard InChI is InChI=1S/C9H3N7O2S.C9H3N3O2S.C9H11N3S.C9H5NO4S.C8H7NO4.C6H5Cl2O2P.CCl2S.CH4O.2N2/c10-15-13-8(17)5-1-6(9(18)14-16-11)3-7(2-5)12-4-19;13-4-10-7-1-8(11-5-14)3-9(2-7)12-6-15;1-10-7-3-8(11-2)5-9(4-7)12-6-13;11-8(12)5-1-6(9(13)14)3-7(2-5)10-4-15;9-6-2-4(7(10)11)1-5(3-6)8(12)13;7-11(8,9)10-6-4-2-1-3-5-6;2-1(3)4;3*1-2/h1-3H;1-3H;3-5,10-11H,1-2H3;1-3H,(H,11,12)(H,13,14);1-3H,9H2,(H,10,11)(H,12,13);1-5H;;2H,1H3;;. The van der Waals surface area contributed by atoms with Gasteiger partial charge in [-0.25, -0.2) is 33.3 Å². The summed E-state index contributed by atoms with van der Waals surface area (Å²) >= 11 is 41.6. The SMILES string of the molecule is CNc1cc(N=C=S)cc(NC)c1.CO.N#N.N#N.Nc1cc(C(=O)O)cc(C(=O)O)c1.O=C(O)c1cc(N=C=S)cc(C(=O)O)c1.O=C=Nc1cc(N=C=O)cc(N=C=S)c1.O=P(Cl)(Cl)Oc1ccccc1.S=C(Cl)Cl.[N-]=[N+]=NC(=O)c1cc(N=C=S)cc(C(=O)N=[N+]=[N-])c1. The number of aliphatic imine (C=N–C) groups is 6. The van der Waals surface area contributed by atoms with E-state index in [2.05, 4.69) is 142 Å². The average Bonchev–Trinajstić information content (AvgIpc) is 0.927. The average molecular weight is 1500 g/mol. The predicted octanol–water partition coefficient (Wildman–Crippen LogP) is 15.7. The van der Waals surface area contributed by atoms with Crippen molar-refractivity contribution in [3.63, 3.8) is 0 Å². The van der Waals surface area contributed by atoms with E-state index in [1.54, 1.807) is 30.3 Å². The molecule has 96 heavy (non-hydrogen) atoms. The summed E-state index contributed by atoms with van der Waals surface area (Å²) in [7, 11) is 4.72. The second-order valence-corrected chi connectivity index (χ2v) is 21.6. The minimum absolute atomic E-state index is 0.0556. The number of carboxylic acid groups (broad SMARTS) is 4. The Kier molecular flexibility index (Phi) is 51.4. The van der Waals surface area contributed by atoms with Gasteiger partial charge in [0, 0.05) is 103 Å². The van der Waals surface area contributed by atoms with Gasteiger partial charge in [0.2, 0.25) is 24.0 Å². The summed E-state index contributed by atoms with van der Waals surface area (Å²) in [4.78, 5) is 111. The molecule has 6 aromatic carbocycles. The number of hydrogen-bond donors (Lipinski definition) is 8. The Bertz CT molecular complexity index is 3900. The zero-order valence-corrected chi connectivity index (χ0v) is 56.1. The number of isothiocyanates is 4. The molecule has 34 nitrogen and oxygen atoms in total. The van der Waals surface area contributed by atoms with Gasteiger partial charge in [-0.05, 0) is 173 Å². The van der Waals surface area contributed by atoms with Crippen molar-refractivity contribution in [2.24, 2.45) is 40.2 Å². The molecular weight excluding hydrogens is 1460 g/mol. The predicted molar refractivity (Wildman–Crippen MR) is 371 cm³/mol. The molecule has 0 saturated carbocycles. The third kappa shape index (κ3) is 42.6. The fourth-order valence-electron chi connectivity index (χ4n) is 5.60. The van der Waals surface area contributed by atoms with Crippen molar-refractivity contribution < 1.29 is 73.0 Å². The maximum atomic E-state index is 11.4. The van der Waals surface area contributed by atoms with E-state index in [0.29, 0.717) is 11.4 Å². The van der Waals surface area contributed by atoms with Crippen LogP contribution in [0.25, 0.3) is 20.9 Å². The number of para-hydroxylation sites is 1. The number of rotatable bonds is 16. The number of carbonyl (C=O) groups is 6. The Labute approximate surface area is 586 Å². The number of aliphatic hydroxyl groups excluding tert-OH is 1. The Morgan fingerprint density at radius 2 is 0.781 bits per heavy atom. The van der Waals surface area contributed by atoms with E-state index in [9.17, 15) is 42.9 Å². The maximum absolute atomic E-state index is 11.4. The number of carbonyl (C=O) groups excluding carboxylic acids is 4. The Balaban J connectivity index is -0.000000517. The highest BCUT2D eigenvalue weighted by atomic mass is 35.9. The number of isocyanates is 2. The summed E-state index contributed by atoms with van der Waals surface area (Å²) in [6.45, 7) is 0. The lowest BCUT2D eigenvalue weighted by atomic mass is 10.1. The highest BCUT2D eigenvalue weighted by Crippen LogP contribution is 2.57. The fourth-order valence-corrected chi connectivity index (χ4v) is 6.87. The van der Waals surface area contributed by atoms with E-state index >= 15 is 0 Å². The number of nitrogen functional groups attached to an aromatic ring is 1. The lowest BCUT2D eigenvalue weighted by Gasteiger charge is -2.05. The van der Waals surface area contributed by atoms with Crippen LogP contribution in [0.1, 0.15) is 62.1 Å². The molecule has 494 valence electrons. The zero-order valence-electron chi connectivity index (χ0n) is 48.1. The van der Waals surface area contributed by atoms with Gasteiger partial charge < -0.3 is 46.4 Å². The number of nitrogens with zero attached hydrogens (tertiary/aromatic N) is 16. The topological polar surface area (TPSA) is 581 Å². The van der Waals surface area contributed by atoms with Crippen molar-refractivity contribution in [3.8, 4) is 5.75 Å².